The van der Waals surface area contributed by atoms with Crippen molar-refractivity contribution in [2.24, 2.45) is 0 Å². The van der Waals surface area contributed by atoms with Crippen molar-refractivity contribution < 1.29 is 22.9 Å². The number of likely N-dealkylation sites (N-methyl/N-ethyl adjacent to an activating group) is 1. The predicted octanol–water partition coefficient (Wildman–Crippen LogP) is 2.32. The lowest BCUT2D eigenvalue weighted by atomic mass is 10.1. The molecule has 2 rings (SSSR count). The van der Waals surface area contributed by atoms with Crippen LogP contribution in [0.2, 0.25) is 0 Å². The minimum atomic E-state index is -4.41. The molecule has 2 aromatic carbocycles. The summed E-state index contributed by atoms with van der Waals surface area (Å²) >= 11 is 0. The SMILES string of the molecule is C[NH+](C)C[C@H](NC(=O)c1ccc(C(F)(F)F)cc1)c1ccccc1. The summed E-state index contributed by atoms with van der Waals surface area (Å²) in [5.41, 5.74) is 0.396. The van der Waals surface area contributed by atoms with Gasteiger partial charge in [-0.15, -0.1) is 0 Å². The summed E-state index contributed by atoms with van der Waals surface area (Å²) in [7, 11) is 3.94. The fourth-order valence-electron chi connectivity index (χ4n) is 2.40. The van der Waals surface area contributed by atoms with Crippen LogP contribution in [0.25, 0.3) is 0 Å². The second kappa shape index (κ2) is 7.49. The maximum Gasteiger partial charge on any atom is 0.416 e. The maximum absolute atomic E-state index is 12.6. The lowest BCUT2D eigenvalue weighted by Gasteiger charge is -2.21. The molecular weight excluding hydrogens is 317 g/mol. The molecule has 0 aliphatic rings. The van der Waals surface area contributed by atoms with Crippen LogP contribution in [-0.2, 0) is 6.18 Å². The Kier molecular flexibility index (Phi) is 5.62. The van der Waals surface area contributed by atoms with Gasteiger partial charge in [-0.25, -0.2) is 0 Å². The maximum atomic E-state index is 12.6. The molecule has 0 bridgehead atoms. The number of carbonyl (C=O) groups excluding carboxylic acids is 1. The van der Waals surface area contributed by atoms with Crippen molar-refractivity contribution in [2.45, 2.75) is 12.2 Å². The van der Waals surface area contributed by atoms with Crippen LogP contribution in [0.4, 0.5) is 13.2 Å². The van der Waals surface area contributed by atoms with Gasteiger partial charge in [0.05, 0.1) is 19.7 Å². The highest BCUT2D eigenvalue weighted by Crippen LogP contribution is 2.29. The summed E-state index contributed by atoms with van der Waals surface area (Å²) in [5.74, 6) is -0.390. The fraction of sp³-hybridized carbons (Fsp3) is 0.278. The first kappa shape index (κ1) is 18.0. The summed E-state index contributed by atoms with van der Waals surface area (Å²) in [6.07, 6.45) is -4.41. The highest BCUT2D eigenvalue weighted by molar-refractivity contribution is 5.94. The molecule has 6 heteroatoms. The van der Waals surface area contributed by atoms with Crippen LogP contribution in [0.5, 0.6) is 0 Å². The van der Waals surface area contributed by atoms with Crippen LogP contribution in [-0.4, -0.2) is 26.5 Å². The van der Waals surface area contributed by atoms with E-state index in [2.05, 4.69) is 5.32 Å². The Morgan fingerprint density at radius 2 is 1.62 bits per heavy atom. The van der Waals surface area contributed by atoms with Gasteiger partial charge in [0, 0.05) is 5.56 Å². The molecule has 0 radical (unpaired) electrons. The molecule has 0 spiro atoms. The average molecular weight is 337 g/mol. The van der Waals surface area contributed by atoms with E-state index in [0.717, 1.165) is 22.6 Å². The zero-order valence-corrected chi connectivity index (χ0v) is 13.5. The van der Waals surface area contributed by atoms with E-state index in [1.807, 2.05) is 44.4 Å². The average Bonchev–Trinajstić information content (AvgIpc) is 2.54. The molecule has 0 saturated heterocycles. The Balaban J connectivity index is 2.15. The zero-order chi connectivity index (χ0) is 17.7. The van der Waals surface area contributed by atoms with E-state index in [1.54, 1.807) is 0 Å². The Labute approximate surface area is 139 Å². The van der Waals surface area contributed by atoms with Crippen LogP contribution in [0.3, 0.4) is 0 Å². The first-order chi connectivity index (χ1) is 11.3. The van der Waals surface area contributed by atoms with Gasteiger partial charge in [0.25, 0.3) is 5.91 Å². The summed E-state index contributed by atoms with van der Waals surface area (Å²) in [6.45, 7) is 0.663. The second-order valence-electron chi connectivity index (χ2n) is 5.92. The van der Waals surface area contributed by atoms with Gasteiger partial charge in [-0.1, -0.05) is 30.3 Å². The van der Waals surface area contributed by atoms with Crippen molar-refractivity contribution in [2.75, 3.05) is 20.6 Å². The third-order valence-corrected chi connectivity index (χ3v) is 3.59. The van der Waals surface area contributed by atoms with Crippen LogP contribution in [0.1, 0.15) is 27.5 Å². The third-order valence-electron chi connectivity index (χ3n) is 3.59. The molecule has 0 aliphatic heterocycles. The van der Waals surface area contributed by atoms with Crippen molar-refractivity contribution in [3.8, 4) is 0 Å². The first-order valence-corrected chi connectivity index (χ1v) is 7.59. The molecule has 0 aliphatic carbocycles. The van der Waals surface area contributed by atoms with Crippen LogP contribution < -0.4 is 10.2 Å². The summed E-state index contributed by atoms with van der Waals surface area (Å²) in [5, 5.41) is 2.90. The third kappa shape index (κ3) is 4.83. The molecule has 0 heterocycles. The van der Waals surface area contributed by atoms with Crippen molar-refractivity contribution >= 4 is 5.91 Å². The van der Waals surface area contributed by atoms with E-state index < -0.39 is 11.7 Å². The minimum Gasteiger partial charge on any atom is -0.340 e. The smallest absolute Gasteiger partial charge is 0.340 e. The Morgan fingerprint density at radius 1 is 1.04 bits per heavy atom. The van der Waals surface area contributed by atoms with E-state index in [4.69, 9.17) is 0 Å². The number of rotatable bonds is 5. The van der Waals surface area contributed by atoms with Gasteiger partial charge in [-0.05, 0) is 29.8 Å². The number of hydrogen-bond donors (Lipinski definition) is 2. The molecular formula is C18H20F3N2O+. The molecule has 1 amide bonds. The second-order valence-corrected chi connectivity index (χ2v) is 5.92. The lowest BCUT2D eigenvalue weighted by molar-refractivity contribution is -0.860. The molecule has 128 valence electrons. The van der Waals surface area contributed by atoms with E-state index in [1.165, 1.54) is 12.1 Å². The zero-order valence-electron chi connectivity index (χ0n) is 13.5. The molecule has 3 nitrogen and oxygen atoms in total. The van der Waals surface area contributed by atoms with Gasteiger partial charge in [-0.3, -0.25) is 4.79 Å². The predicted molar refractivity (Wildman–Crippen MR) is 85.8 cm³/mol. The minimum absolute atomic E-state index is 0.206. The molecule has 0 aromatic heterocycles. The van der Waals surface area contributed by atoms with Crippen molar-refractivity contribution in [3.05, 3.63) is 71.3 Å². The van der Waals surface area contributed by atoms with Gasteiger partial charge in [0.15, 0.2) is 0 Å². The quantitative estimate of drug-likeness (QED) is 0.863. The van der Waals surface area contributed by atoms with E-state index >= 15 is 0 Å². The standard InChI is InChI=1S/C18H19F3N2O/c1-23(2)12-16(13-6-4-3-5-7-13)22-17(24)14-8-10-15(11-9-14)18(19,20)21/h3-11,16H,12H2,1-2H3,(H,22,24)/p+1/t16-/m0/s1. The van der Waals surface area contributed by atoms with Crippen molar-refractivity contribution in [1.82, 2.24) is 5.32 Å². The van der Waals surface area contributed by atoms with Crippen LogP contribution in [0.15, 0.2) is 54.6 Å². The lowest BCUT2D eigenvalue weighted by Crippen LogP contribution is -3.06. The molecule has 2 N–H and O–H groups in total. The van der Waals surface area contributed by atoms with Crippen molar-refractivity contribution in [3.63, 3.8) is 0 Å². The highest BCUT2D eigenvalue weighted by Gasteiger charge is 2.30. The van der Waals surface area contributed by atoms with Crippen LogP contribution >= 0.6 is 0 Å². The summed E-state index contributed by atoms with van der Waals surface area (Å²) < 4.78 is 37.8. The molecule has 1 atom stereocenters. The largest absolute Gasteiger partial charge is 0.416 e. The summed E-state index contributed by atoms with van der Waals surface area (Å²) in [4.78, 5) is 13.5. The highest BCUT2D eigenvalue weighted by atomic mass is 19.4. The summed E-state index contributed by atoms with van der Waals surface area (Å²) in [6, 6.07) is 13.5. The molecule has 0 unspecified atom stereocenters. The molecule has 24 heavy (non-hydrogen) atoms. The molecule has 2 aromatic rings. The number of benzene rings is 2. The first-order valence-electron chi connectivity index (χ1n) is 7.59. The number of nitrogens with one attached hydrogen (secondary N) is 2. The monoisotopic (exact) mass is 337 g/mol. The van der Waals surface area contributed by atoms with Gasteiger partial charge >= 0.3 is 6.18 Å². The van der Waals surface area contributed by atoms with Gasteiger partial charge in [0.2, 0.25) is 0 Å². The number of carbonyl (C=O) groups is 1. The normalized spacial score (nSPS) is 12.9. The van der Waals surface area contributed by atoms with E-state index in [-0.39, 0.29) is 17.5 Å². The van der Waals surface area contributed by atoms with E-state index in [0.29, 0.717) is 6.54 Å². The number of halogens is 3. The Bertz CT molecular complexity index is 667. The van der Waals surface area contributed by atoms with Gasteiger partial charge < -0.3 is 10.2 Å². The fourth-order valence-corrected chi connectivity index (χ4v) is 2.40. The van der Waals surface area contributed by atoms with Crippen LogP contribution in [0, 0.1) is 0 Å². The van der Waals surface area contributed by atoms with Crippen molar-refractivity contribution in [1.29, 1.82) is 0 Å². The number of quaternary nitrogens is 1. The number of amides is 1. The number of alkyl halides is 3. The molecule has 0 saturated carbocycles. The van der Waals surface area contributed by atoms with Gasteiger partial charge in [0.1, 0.15) is 12.6 Å². The van der Waals surface area contributed by atoms with Gasteiger partial charge in [-0.2, -0.15) is 13.2 Å². The molecule has 0 fully saturated rings. The number of hydrogen-bond acceptors (Lipinski definition) is 1. The van der Waals surface area contributed by atoms with E-state index in [9.17, 15) is 18.0 Å². The Morgan fingerprint density at radius 3 is 2.12 bits per heavy atom. The Hall–Kier alpha value is -2.34. The topological polar surface area (TPSA) is 33.5 Å².